The first kappa shape index (κ1) is 21.8. The lowest BCUT2D eigenvalue weighted by atomic mass is 9.98. The lowest BCUT2D eigenvalue weighted by Gasteiger charge is -2.16. The van der Waals surface area contributed by atoms with Gasteiger partial charge in [-0.3, -0.25) is 9.59 Å². The summed E-state index contributed by atoms with van der Waals surface area (Å²) >= 11 is 6.17. The number of ether oxygens (including phenoxy) is 1. The summed E-state index contributed by atoms with van der Waals surface area (Å²) < 4.78 is 5.74. The van der Waals surface area contributed by atoms with Crippen molar-refractivity contribution in [2.45, 2.75) is 46.0 Å². The number of nitrogens with one attached hydrogen (secondary N) is 2. The SMILES string of the molecule is CCCC(=O)Nc1ccc(Cl)c(NC(=O)COc2ccccc2C(C)CC)c1. The average Bonchev–Trinajstić information content (AvgIpc) is 2.68. The molecule has 5 nitrogen and oxygen atoms in total. The molecule has 2 aromatic carbocycles. The van der Waals surface area contributed by atoms with Crippen LogP contribution in [0.3, 0.4) is 0 Å². The number of halogens is 1. The van der Waals surface area contributed by atoms with Crippen molar-refractivity contribution in [2.75, 3.05) is 17.2 Å². The number of benzene rings is 2. The highest BCUT2D eigenvalue weighted by molar-refractivity contribution is 6.33. The zero-order chi connectivity index (χ0) is 20.5. The fourth-order valence-corrected chi connectivity index (χ4v) is 2.88. The van der Waals surface area contributed by atoms with Crippen molar-refractivity contribution in [1.29, 1.82) is 0 Å². The molecule has 6 heteroatoms. The van der Waals surface area contributed by atoms with Gasteiger partial charge in [0.05, 0.1) is 10.7 Å². The second kappa shape index (κ2) is 10.7. The van der Waals surface area contributed by atoms with Gasteiger partial charge in [0, 0.05) is 12.1 Å². The maximum Gasteiger partial charge on any atom is 0.262 e. The van der Waals surface area contributed by atoms with Gasteiger partial charge < -0.3 is 15.4 Å². The van der Waals surface area contributed by atoms with Crippen LogP contribution in [0.25, 0.3) is 0 Å². The van der Waals surface area contributed by atoms with Crippen LogP contribution in [0, 0.1) is 0 Å². The number of hydrogen-bond acceptors (Lipinski definition) is 3. The number of amides is 2. The van der Waals surface area contributed by atoms with Crippen molar-refractivity contribution in [2.24, 2.45) is 0 Å². The Balaban J connectivity index is 2.01. The molecule has 2 rings (SSSR count). The predicted molar refractivity (Wildman–Crippen MR) is 114 cm³/mol. The summed E-state index contributed by atoms with van der Waals surface area (Å²) in [7, 11) is 0. The molecule has 0 saturated heterocycles. The van der Waals surface area contributed by atoms with E-state index in [9.17, 15) is 9.59 Å². The topological polar surface area (TPSA) is 67.4 Å². The summed E-state index contributed by atoms with van der Waals surface area (Å²) in [6.45, 7) is 6.05. The van der Waals surface area contributed by atoms with Crippen LogP contribution in [-0.4, -0.2) is 18.4 Å². The molecule has 1 unspecified atom stereocenters. The summed E-state index contributed by atoms with van der Waals surface area (Å²) in [6, 6.07) is 12.7. The van der Waals surface area contributed by atoms with Crippen molar-refractivity contribution in [3.63, 3.8) is 0 Å². The molecular formula is C22H27ClN2O3. The molecule has 1 atom stereocenters. The van der Waals surface area contributed by atoms with Gasteiger partial charge >= 0.3 is 0 Å². The third-order valence-electron chi connectivity index (χ3n) is 4.42. The zero-order valence-corrected chi connectivity index (χ0v) is 17.3. The normalized spacial score (nSPS) is 11.6. The molecule has 0 aliphatic carbocycles. The smallest absolute Gasteiger partial charge is 0.262 e. The summed E-state index contributed by atoms with van der Waals surface area (Å²) in [6.07, 6.45) is 2.19. The molecule has 0 radical (unpaired) electrons. The first-order chi connectivity index (χ1) is 13.4. The minimum Gasteiger partial charge on any atom is -0.483 e. The number of anilines is 2. The molecule has 28 heavy (non-hydrogen) atoms. The van der Waals surface area contributed by atoms with Crippen LogP contribution in [0.5, 0.6) is 5.75 Å². The molecule has 2 N–H and O–H groups in total. The van der Waals surface area contributed by atoms with Gasteiger partial charge in [-0.25, -0.2) is 0 Å². The van der Waals surface area contributed by atoms with Crippen LogP contribution in [0.2, 0.25) is 5.02 Å². The maximum atomic E-state index is 12.3. The van der Waals surface area contributed by atoms with E-state index in [1.54, 1.807) is 18.2 Å². The van der Waals surface area contributed by atoms with Crippen LogP contribution in [-0.2, 0) is 9.59 Å². The highest BCUT2D eigenvalue weighted by Gasteiger charge is 2.13. The summed E-state index contributed by atoms with van der Waals surface area (Å²) in [5.74, 6) is 0.653. The average molecular weight is 403 g/mol. The monoisotopic (exact) mass is 402 g/mol. The van der Waals surface area contributed by atoms with E-state index in [1.165, 1.54) is 0 Å². The molecular weight excluding hydrogens is 376 g/mol. The molecule has 0 saturated carbocycles. The summed E-state index contributed by atoms with van der Waals surface area (Å²) in [5, 5.41) is 5.92. The maximum absolute atomic E-state index is 12.3. The molecule has 0 heterocycles. The fourth-order valence-electron chi connectivity index (χ4n) is 2.72. The van der Waals surface area contributed by atoms with Gasteiger partial charge in [0.1, 0.15) is 5.75 Å². The van der Waals surface area contributed by atoms with Crippen LogP contribution in [0.4, 0.5) is 11.4 Å². The van der Waals surface area contributed by atoms with Gasteiger partial charge in [0.25, 0.3) is 5.91 Å². The van der Waals surface area contributed by atoms with Gasteiger partial charge in [-0.1, -0.05) is 50.6 Å². The first-order valence-corrected chi connectivity index (χ1v) is 9.93. The van der Waals surface area contributed by atoms with E-state index in [0.29, 0.717) is 34.5 Å². The molecule has 0 spiro atoms. The number of hydrogen-bond donors (Lipinski definition) is 2. The van der Waals surface area contributed by atoms with E-state index in [1.807, 2.05) is 31.2 Å². The van der Waals surface area contributed by atoms with E-state index < -0.39 is 0 Å². The van der Waals surface area contributed by atoms with Gasteiger partial charge in [-0.05, 0) is 48.6 Å². The number of carbonyl (C=O) groups excluding carboxylic acids is 2. The van der Waals surface area contributed by atoms with E-state index >= 15 is 0 Å². The lowest BCUT2D eigenvalue weighted by molar-refractivity contribution is -0.118. The van der Waals surface area contributed by atoms with Gasteiger partial charge in [-0.15, -0.1) is 0 Å². The van der Waals surface area contributed by atoms with Crippen LogP contribution < -0.4 is 15.4 Å². The third-order valence-corrected chi connectivity index (χ3v) is 4.75. The Kier molecular flexibility index (Phi) is 8.33. The van der Waals surface area contributed by atoms with Gasteiger partial charge in [0.15, 0.2) is 6.61 Å². The summed E-state index contributed by atoms with van der Waals surface area (Å²) in [4.78, 5) is 24.1. The highest BCUT2D eigenvalue weighted by Crippen LogP contribution is 2.29. The quantitative estimate of drug-likeness (QED) is 0.572. The van der Waals surface area contributed by atoms with Crippen molar-refractivity contribution in [3.8, 4) is 5.75 Å². The Morgan fingerprint density at radius 1 is 1.07 bits per heavy atom. The molecule has 0 aliphatic heterocycles. The Labute approximate surface area is 171 Å². The van der Waals surface area contributed by atoms with Crippen molar-refractivity contribution in [1.82, 2.24) is 0 Å². The third kappa shape index (κ3) is 6.27. The summed E-state index contributed by atoms with van der Waals surface area (Å²) in [5.41, 5.74) is 2.09. The Morgan fingerprint density at radius 3 is 2.54 bits per heavy atom. The predicted octanol–water partition coefficient (Wildman–Crippen LogP) is 5.61. The second-order valence-corrected chi connectivity index (χ2v) is 7.08. The first-order valence-electron chi connectivity index (χ1n) is 9.55. The van der Waals surface area contributed by atoms with Crippen LogP contribution in [0.15, 0.2) is 42.5 Å². The van der Waals surface area contributed by atoms with Crippen molar-refractivity contribution < 1.29 is 14.3 Å². The molecule has 150 valence electrons. The second-order valence-electron chi connectivity index (χ2n) is 6.68. The minimum atomic E-state index is -0.321. The zero-order valence-electron chi connectivity index (χ0n) is 16.5. The molecule has 2 aromatic rings. The van der Waals surface area contributed by atoms with E-state index in [0.717, 1.165) is 18.4 Å². The van der Waals surface area contributed by atoms with Crippen molar-refractivity contribution >= 4 is 34.8 Å². The molecule has 0 aliphatic rings. The molecule has 0 fully saturated rings. The molecule has 2 amide bonds. The molecule has 0 aromatic heterocycles. The lowest BCUT2D eigenvalue weighted by Crippen LogP contribution is -2.21. The van der Waals surface area contributed by atoms with Crippen LogP contribution in [0.1, 0.15) is 51.5 Å². The highest BCUT2D eigenvalue weighted by atomic mass is 35.5. The van der Waals surface area contributed by atoms with Gasteiger partial charge in [0.2, 0.25) is 5.91 Å². The van der Waals surface area contributed by atoms with Crippen molar-refractivity contribution in [3.05, 3.63) is 53.1 Å². The van der Waals surface area contributed by atoms with E-state index in [4.69, 9.17) is 16.3 Å². The van der Waals surface area contributed by atoms with E-state index in [2.05, 4.69) is 24.5 Å². The Bertz CT molecular complexity index is 823. The standard InChI is InChI=1S/C22H27ClN2O3/c1-4-8-21(26)24-16-11-12-18(23)19(13-16)25-22(27)14-28-20-10-7-6-9-17(20)15(3)5-2/h6-7,9-13,15H,4-5,8,14H2,1-3H3,(H,24,26)(H,25,27). The minimum absolute atomic E-state index is 0.0768. The fraction of sp³-hybridized carbons (Fsp3) is 0.364. The van der Waals surface area contributed by atoms with E-state index in [-0.39, 0.29) is 18.4 Å². The number of para-hydroxylation sites is 1. The Morgan fingerprint density at radius 2 is 1.82 bits per heavy atom. The van der Waals surface area contributed by atoms with Crippen LogP contribution >= 0.6 is 11.6 Å². The Hall–Kier alpha value is -2.53. The number of carbonyl (C=O) groups is 2. The number of rotatable bonds is 9. The molecule has 0 bridgehead atoms. The van der Waals surface area contributed by atoms with Gasteiger partial charge in [-0.2, -0.15) is 0 Å². The largest absolute Gasteiger partial charge is 0.483 e.